The van der Waals surface area contributed by atoms with Crippen LogP contribution in [0.4, 0.5) is 5.69 Å². The lowest BCUT2D eigenvalue weighted by molar-refractivity contribution is 0.647. The van der Waals surface area contributed by atoms with E-state index in [0.29, 0.717) is 5.92 Å². The van der Waals surface area contributed by atoms with Gasteiger partial charge in [-0.15, -0.1) is 0 Å². The Kier molecular flexibility index (Phi) is 5.74. The number of rotatable bonds is 6. The quantitative estimate of drug-likeness (QED) is 0.644. The van der Waals surface area contributed by atoms with Gasteiger partial charge in [-0.1, -0.05) is 32.4 Å². The molecule has 0 radical (unpaired) electrons. The summed E-state index contributed by atoms with van der Waals surface area (Å²) >= 11 is 0. The lowest BCUT2D eigenvalue weighted by Gasteiger charge is -2.29. The first-order chi connectivity index (χ1) is 10.1. The minimum Gasteiger partial charge on any atom is -0.365 e. The highest BCUT2D eigenvalue weighted by molar-refractivity contribution is 5.51. The number of nitrogens with one attached hydrogen (secondary N) is 1. The molecule has 2 rings (SSSR count). The van der Waals surface area contributed by atoms with Crippen molar-refractivity contribution in [3.8, 4) is 0 Å². The summed E-state index contributed by atoms with van der Waals surface area (Å²) in [5.74, 6) is 1.31. The molecule has 1 aliphatic heterocycles. The molecule has 1 aromatic heterocycles. The minimum atomic E-state index is 0.368. The molecule has 116 valence electrons. The Balaban J connectivity index is 2.21. The number of anilines is 1. The number of hydrogen-bond acceptors (Lipinski definition) is 4. The smallest absolute Gasteiger partial charge is 0.131 e. The fourth-order valence-corrected chi connectivity index (χ4v) is 2.47. The zero-order valence-electron chi connectivity index (χ0n) is 13.8. The van der Waals surface area contributed by atoms with Crippen LogP contribution in [-0.2, 0) is 6.54 Å². The lowest BCUT2D eigenvalue weighted by Crippen LogP contribution is -2.30. The predicted octanol–water partition coefficient (Wildman–Crippen LogP) is 3.26. The van der Waals surface area contributed by atoms with Crippen LogP contribution in [0, 0.1) is 0 Å². The van der Waals surface area contributed by atoms with Gasteiger partial charge in [0, 0.05) is 25.6 Å². The first-order valence-corrected chi connectivity index (χ1v) is 8.09. The number of hydrogen-bond donors (Lipinski definition) is 1. The van der Waals surface area contributed by atoms with Gasteiger partial charge in [0.15, 0.2) is 0 Å². The number of nitrogens with zero attached hydrogens (tertiary/aromatic N) is 3. The molecule has 1 N–H and O–H groups in total. The second-order valence-electron chi connectivity index (χ2n) is 6.14. The number of aromatic nitrogens is 2. The standard InChI is InChI=1S/C17H28N4/c1-5-8-18-11-15-16(12-19-17(20-15)13(2)3)21-9-6-14(4)7-10-21/h6,12-13,18H,5,7-11H2,1-4H3. The van der Waals surface area contributed by atoms with E-state index in [1.54, 1.807) is 0 Å². The van der Waals surface area contributed by atoms with E-state index in [4.69, 9.17) is 4.98 Å². The zero-order chi connectivity index (χ0) is 15.2. The summed E-state index contributed by atoms with van der Waals surface area (Å²) in [6.07, 6.45) is 6.60. The average Bonchev–Trinajstić information content (AvgIpc) is 2.48. The third kappa shape index (κ3) is 4.27. The second kappa shape index (κ2) is 7.55. The third-order valence-corrected chi connectivity index (χ3v) is 3.88. The monoisotopic (exact) mass is 288 g/mol. The molecule has 21 heavy (non-hydrogen) atoms. The molecular weight excluding hydrogens is 260 g/mol. The van der Waals surface area contributed by atoms with Crippen LogP contribution < -0.4 is 10.2 Å². The minimum absolute atomic E-state index is 0.368. The first kappa shape index (κ1) is 16.0. The molecule has 0 amide bonds. The van der Waals surface area contributed by atoms with E-state index in [9.17, 15) is 0 Å². The SMILES string of the molecule is CCCNCc1nc(C(C)C)ncc1N1CC=C(C)CC1. The van der Waals surface area contributed by atoms with Crippen LogP contribution in [0.25, 0.3) is 0 Å². The van der Waals surface area contributed by atoms with Crippen LogP contribution in [0.15, 0.2) is 17.8 Å². The lowest BCUT2D eigenvalue weighted by atomic mass is 10.1. The van der Waals surface area contributed by atoms with Crippen LogP contribution in [-0.4, -0.2) is 29.6 Å². The summed E-state index contributed by atoms with van der Waals surface area (Å²) in [4.78, 5) is 11.8. The van der Waals surface area contributed by atoms with Crippen LogP contribution in [0.3, 0.4) is 0 Å². The van der Waals surface area contributed by atoms with E-state index in [1.165, 1.54) is 11.3 Å². The van der Waals surface area contributed by atoms with Gasteiger partial charge in [-0.25, -0.2) is 9.97 Å². The Bertz CT molecular complexity index is 494. The Labute approximate surface area is 128 Å². The summed E-state index contributed by atoms with van der Waals surface area (Å²) < 4.78 is 0. The van der Waals surface area contributed by atoms with E-state index < -0.39 is 0 Å². The molecular formula is C17H28N4. The molecule has 0 unspecified atom stereocenters. The normalized spacial score (nSPS) is 15.5. The fraction of sp³-hybridized carbons (Fsp3) is 0.647. The molecule has 1 aliphatic rings. The molecule has 0 bridgehead atoms. The highest BCUT2D eigenvalue weighted by Gasteiger charge is 2.16. The van der Waals surface area contributed by atoms with Gasteiger partial charge in [0.05, 0.1) is 17.6 Å². The maximum atomic E-state index is 4.80. The van der Waals surface area contributed by atoms with Gasteiger partial charge in [0.25, 0.3) is 0 Å². The summed E-state index contributed by atoms with van der Waals surface area (Å²) in [7, 11) is 0. The molecule has 0 atom stereocenters. The van der Waals surface area contributed by atoms with Crippen molar-refractivity contribution in [3.05, 3.63) is 29.4 Å². The highest BCUT2D eigenvalue weighted by Crippen LogP contribution is 2.23. The van der Waals surface area contributed by atoms with Gasteiger partial charge < -0.3 is 10.2 Å². The Morgan fingerprint density at radius 1 is 1.38 bits per heavy atom. The molecule has 4 nitrogen and oxygen atoms in total. The van der Waals surface area contributed by atoms with Crippen molar-refractivity contribution in [2.45, 2.75) is 53.0 Å². The van der Waals surface area contributed by atoms with E-state index in [-0.39, 0.29) is 0 Å². The molecule has 2 heterocycles. The summed E-state index contributed by atoms with van der Waals surface area (Å²) in [6, 6.07) is 0. The predicted molar refractivity (Wildman–Crippen MR) is 88.7 cm³/mol. The molecule has 0 aliphatic carbocycles. The van der Waals surface area contributed by atoms with Crippen molar-refractivity contribution in [3.63, 3.8) is 0 Å². The topological polar surface area (TPSA) is 41.1 Å². The second-order valence-corrected chi connectivity index (χ2v) is 6.14. The highest BCUT2D eigenvalue weighted by atomic mass is 15.2. The molecule has 0 fully saturated rings. The van der Waals surface area contributed by atoms with E-state index >= 15 is 0 Å². The molecule has 4 heteroatoms. The maximum Gasteiger partial charge on any atom is 0.131 e. The third-order valence-electron chi connectivity index (χ3n) is 3.88. The molecule has 0 saturated heterocycles. The molecule has 1 aromatic rings. The van der Waals surface area contributed by atoms with Crippen LogP contribution in [0.2, 0.25) is 0 Å². The zero-order valence-corrected chi connectivity index (χ0v) is 13.8. The van der Waals surface area contributed by atoms with Crippen molar-refractivity contribution < 1.29 is 0 Å². The van der Waals surface area contributed by atoms with Gasteiger partial charge in [-0.05, 0) is 26.3 Å². The average molecular weight is 288 g/mol. The molecule has 0 aromatic carbocycles. The summed E-state index contributed by atoms with van der Waals surface area (Å²) in [5, 5.41) is 3.47. The van der Waals surface area contributed by atoms with Crippen molar-refractivity contribution in [2.75, 3.05) is 24.5 Å². The van der Waals surface area contributed by atoms with Gasteiger partial charge in [0.1, 0.15) is 5.82 Å². The van der Waals surface area contributed by atoms with Crippen molar-refractivity contribution in [2.24, 2.45) is 0 Å². The van der Waals surface area contributed by atoms with Gasteiger partial charge in [-0.3, -0.25) is 0 Å². The van der Waals surface area contributed by atoms with Crippen molar-refractivity contribution >= 4 is 5.69 Å². The van der Waals surface area contributed by atoms with Crippen LogP contribution in [0.1, 0.15) is 58.0 Å². The van der Waals surface area contributed by atoms with Gasteiger partial charge >= 0.3 is 0 Å². The van der Waals surface area contributed by atoms with Crippen molar-refractivity contribution in [1.29, 1.82) is 0 Å². The Morgan fingerprint density at radius 2 is 2.19 bits per heavy atom. The van der Waals surface area contributed by atoms with E-state index in [1.807, 2.05) is 6.20 Å². The summed E-state index contributed by atoms with van der Waals surface area (Å²) in [6.45, 7) is 12.6. The first-order valence-electron chi connectivity index (χ1n) is 8.09. The molecule has 0 saturated carbocycles. The Morgan fingerprint density at radius 3 is 2.81 bits per heavy atom. The Hall–Kier alpha value is -1.42. The van der Waals surface area contributed by atoms with Crippen LogP contribution in [0.5, 0.6) is 0 Å². The fourth-order valence-electron chi connectivity index (χ4n) is 2.47. The van der Waals surface area contributed by atoms with E-state index in [0.717, 1.165) is 50.5 Å². The maximum absolute atomic E-state index is 4.80. The van der Waals surface area contributed by atoms with Gasteiger partial charge in [-0.2, -0.15) is 0 Å². The summed E-state index contributed by atoms with van der Waals surface area (Å²) in [5.41, 5.74) is 3.80. The molecule has 0 spiro atoms. The largest absolute Gasteiger partial charge is 0.365 e. The van der Waals surface area contributed by atoms with Crippen molar-refractivity contribution in [1.82, 2.24) is 15.3 Å². The van der Waals surface area contributed by atoms with Crippen LogP contribution >= 0.6 is 0 Å². The van der Waals surface area contributed by atoms with E-state index in [2.05, 4.69) is 49.0 Å². The van der Waals surface area contributed by atoms with Gasteiger partial charge in [0.2, 0.25) is 0 Å².